The monoisotopic (exact) mass is 260 g/mol. The molecule has 16 heavy (non-hydrogen) atoms. The van der Waals surface area contributed by atoms with Gasteiger partial charge < -0.3 is 9.84 Å². The largest absolute Gasteiger partial charge is 0.388 e. The Morgan fingerprint density at radius 3 is 2.94 bits per heavy atom. The fourth-order valence-corrected chi connectivity index (χ4v) is 3.39. The van der Waals surface area contributed by atoms with Crippen molar-refractivity contribution in [2.24, 2.45) is 5.92 Å². The molecule has 1 saturated carbocycles. The lowest BCUT2D eigenvalue weighted by molar-refractivity contribution is -0.0377. The first kappa shape index (κ1) is 12.4. The van der Waals surface area contributed by atoms with Gasteiger partial charge in [0.2, 0.25) is 0 Å². The Morgan fingerprint density at radius 1 is 1.62 bits per heavy atom. The predicted octanol–water partition coefficient (Wildman–Crippen LogP) is 3.64. The molecule has 1 fully saturated rings. The van der Waals surface area contributed by atoms with Gasteiger partial charge in [-0.15, -0.1) is 11.3 Å². The van der Waals surface area contributed by atoms with E-state index >= 15 is 0 Å². The zero-order valence-electron chi connectivity index (χ0n) is 9.36. The van der Waals surface area contributed by atoms with Crippen LogP contribution in [0.1, 0.15) is 37.2 Å². The van der Waals surface area contributed by atoms with Crippen LogP contribution in [0.2, 0.25) is 5.02 Å². The summed E-state index contributed by atoms with van der Waals surface area (Å²) in [6.07, 6.45) is 2.98. The Bertz CT molecular complexity index is 334. The highest BCUT2D eigenvalue weighted by Crippen LogP contribution is 2.39. The predicted molar refractivity (Wildman–Crippen MR) is 67.0 cm³/mol. The van der Waals surface area contributed by atoms with Crippen LogP contribution < -0.4 is 0 Å². The van der Waals surface area contributed by atoms with Gasteiger partial charge in [0.15, 0.2) is 0 Å². The van der Waals surface area contributed by atoms with E-state index in [1.165, 1.54) is 11.3 Å². The van der Waals surface area contributed by atoms with Crippen LogP contribution in [0.5, 0.6) is 0 Å². The highest BCUT2D eigenvalue weighted by molar-refractivity contribution is 7.10. The van der Waals surface area contributed by atoms with Gasteiger partial charge in [0.1, 0.15) is 0 Å². The molecule has 4 heteroatoms. The van der Waals surface area contributed by atoms with Crippen molar-refractivity contribution >= 4 is 22.9 Å². The molecular formula is C12H17ClO2S. The van der Waals surface area contributed by atoms with Gasteiger partial charge in [0.25, 0.3) is 0 Å². The van der Waals surface area contributed by atoms with Crippen molar-refractivity contribution in [3.05, 3.63) is 21.3 Å². The second-order valence-corrected chi connectivity index (χ2v) is 5.65. The van der Waals surface area contributed by atoms with E-state index in [9.17, 15) is 5.11 Å². The fourth-order valence-electron chi connectivity index (χ4n) is 2.20. The molecule has 2 nitrogen and oxygen atoms in total. The number of halogens is 1. The van der Waals surface area contributed by atoms with E-state index in [0.29, 0.717) is 17.0 Å². The van der Waals surface area contributed by atoms with Gasteiger partial charge in [-0.05, 0) is 43.6 Å². The molecule has 0 aromatic carbocycles. The summed E-state index contributed by atoms with van der Waals surface area (Å²) in [5, 5.41) is 12.6. The van der Waals surface area contributed by atoms with Crippen LogP contribution in [0.3, 0.4) is 0 Å². The van der Waals surface area contributed by atoms with Gasteiger partial charge in [0.05, 0.1) is 22.1 Å². The number of rotatable bonds is 5. The molecule has 1 aliphatic carbocycles. The Hall–Kier alpha value is -0.0900. The Balaban J connectivity index is 1.77. The van der Waals surface area contributed by atoms with E-state index in [1.54, 1.807) is 0 Å². The zero-order chi connectivity index (χ0) is 11.5. The zero-order valence-corrected chi connectivity index (χ0v) is 10.9. The van der Waals surface area contributed by atoms with Crippen LogP contribution in [0.15, 0.2) is 11.4 Å². The van der Waals surface area contributed by atoms with Crippen LogP contribution in [0, 0.1) is 5.92 Å². The van der Waals surface area contributed by atoms with Gasteiger partial charge in [-0.1, -0.05) is 11.6 Å². The number of hydrogen-bond acceptors (Lipinski definition) is 3. The summed E-state index contributed by atoms with van der Waals surface area (Å²) < 4.78 is 5.50. The molecule has 90 valence electrons. The minimum Gasteiger partial charge on any atom is -0.388 e. The number of ether oxygens (including phenoxy) is 1. The molecule has 1 aromatic rings. The standard InChI is InChI=1S/C12H17ClO2S/c1-2-15-9-5-8(6-9)7-11(14)12-10(13)3-4-16-12/h3-4,8-9,11,14H,2,5-7H2,1H3. The molecule has 1 heterocycles. The number of thiophene rings is 1. The van der Waals surface area contributed by atoms with Gasteiger partial charge in [-0.25, -0.2) is 0 Å². The molecule has 1 atom stereocenters. The lowest BCUT2D eigenvalue weighted by atomic mass is 9.78. The summed E-state index contributed by atoms with van der Waals surface area (Å²) >= 11 is 7.52. The maximum atomic E-state index is 10.0. The molecule has 0 aliphatic heterocycles. The Kier molecular flexibility index (Phi) is 4.25. The first-order valence-corrected chi connectivity index (χ1v) is 6.99. The minimum absolute atomic E-state index is 0.403. The van der Waals surface area contributed by atoms with E-state index < -0.39 is 6.10 Å². The summed E-state index contributed by atoms with van der Waals surface area (Å²) in [4.78, 5) is 0.904. The maximum absolute atomic E-state index is 10.0. The van der Waals surface area contributed by atoms with Crippen molar-refractivity contribution in [1.82, 2.24) is 0 Å². The molecule has 1 aliphatic rings. The second-order valence-electron chi connectivity index (χ2n) is 4.30. The normalized spacial score (nSPS) is 26.4. The first-order chi connectivity index (χ1) is 7.70. The molecule has 1 aromatic heterocycles. The Morgan fingerprint density at radius 2 is 2.38 bits per heavy atom. The molecular weight excluding hydrogens is 244 g/mol. The van der Waals surface area contributed by atoms with Crippen molar-refractivity contribution in [3.8, 4) is 0 Å². The van der Waals surface area contributed by atoms with Crippen LogP contribution in [0.4, 0.5) is 0 Å². The molecule has 0 saturated heterocycles. The first-order valence-electron chi connectivity index (χ1n) is 5.73. The van der Waals surface area contributed by atoms with Gasteiger partial charge in [0, 0.05) is 6.61 Å². The van der Waals surface area contributed by atoms with Crippen LogP contribution in [-0.2, 0) is 4.74 Å². The smallest absolute Gasteiger partial charge is 0.0899 e. The van der Waals surface area contributed by atoms with Crippen molar-refractivity contribution < 1.29 is 9.84 Å². The molecule has 0 spiro atoms. The molecule has 2 rings (SSSR count). The van der Waals surface area contributed by atoms with E-state index in [4.69, 9.17) is 16.3 Å². The van der Waals surface area contributed by atoms with E-state index in [-0.39, 0.29) is 0 Å². The van der Waals surface area contributed by atoms with Crippen molar-refractivity contribution in [3.63, 3.8) is 0 Å². The fraction of sp³-hybridized carbons (Fsp3) is 0.667. The van der Waals surface area contributed by atoms with Gasteiger partial charge in [-0.3, -0.25) is 0 Å². The summed E-state index contributed by atoms with van der Waals surface area (Å²) in [5.41, 5.74) is 0. The molecule has 0 amide bonds. The topological polar surface area (TPSA) is 29.5 Å². The van der Waals surface area contributed by atoms with Gasteiger partial charge >= 0.3 is 0 Å². The third kappa shape index (κ3) is 2.77. The van der Waals surface area contributed by atoms with Gasteiger partial charge in [-0.2, -0.15) is 0 Å². The lowest BCUT2D eigenvalue weighted by Gasteiger charge is -2.35. The molecule has 1 N–H and O–H groups in total. The van der Waals surface area contributed by atoms with Crippen molar-refractivity contribution in [2.75, 3.05) is 6.61 Å². The summed E-state index contributed by atoms with van der Waals surface area (Å²) in [6, 6.07) is 1.84. The highest BCUT2D eigenvalue weighted by atomic mass is 35.5. The summed E-state index contributed by atoms with van der Waals surface area (Å²) in [5.74, 6) is 0.588. The maximum Gasteiger partial charge on any atom is 0.0899 e. The quantitative estimate of drug-likeness (QED) is 0.876. The third-order valence-electron chi connectivity index (χ3n) is 3.10. The minimum atomic E-state index is -0.403. The molecule has 0 bridgehead atoms. The van der Waals surface area contributed by atoms with Crippen LogP contribution >= 0.6 is 22.9 Å². The average Bonchev–Trinajstić information content (AvgIpc) is 2.61. The van der Waals surface area contributed by atoms with E-state index in [2.05, 4.69) is 0 Å². The van der Waals surface area contributed by atoms with Crippen LogP contribution in [0.25, 0.3) is 0 Å². The number of aliphatic hydroxyl groups excluding tert-OH is 1. The van der Waals surface area contributed by atoms with Crippen molar-refractivity contribution in [1.29, 1.82) is 0 Å². The Labute approximate surface area is 105 Å². The summed E-state index contributed by atoms with van der Waals surface area (Å²) in [7, 11) is 0. The lowest BCUT2D eigenvalue weighted by Crippen LogP contribution is -2.32. The average molecular weight is 261 g/mol. The highest BCUT2D eigenvalue weighted by Gasteiger charge is 2.31. The number of aliphatic hydroxyl groups is 1. The summed E-state index contributed by atoms with van der Waals surface area (Å²) in [6.45, 7) is 2.81. The SMILES string of the molecule is CCOC1CC(CC(O)c2sccc2Cl)C1. The van der Waals surface area contributed by atoms with E-state index in [1.807, 2.05) is 18.4 Å². The second kappa shape index (κ2) is 5.50. The van der Waals surface area contributed by atoms with Crippen molar-refractivity contribution in [2.45, 2.75) is 38.4 Å². The third-order valence-corrected chi connectivity index (χ3v) is 4.56. The van der Waals surface area contributed by atoms with Crippen LogP contribution in [-0.4, -0.2) is 17.8 Å². The molecule has 0 radical (unpaired) electrons. The number of hydrogen-bond donors (Lipinski definition) is 1. The van der Waals surface area contributed by atoms with E-state index in [0.717, 1.165) is 30.7 Å². The molecule has 1 unspecified atom stereocenters.